The Morgan fingerprint density at radius 1 is 0.250 bits per heavy atom. The Kier molecular flexibility index (Phi) is 33.4. The fourth-order valence-electron chi connectivity index (χ4n) is 6.21. The van der Waals surface area contributed by atoms with Gasteiger partial charge < -0.3 is 10.2 Å². The van der Waals surface area contributed by atoms with Gasteiger partial charge in [0.15, 0.2) is 5.79 Å². The summed E-state index contributed by atoms with van der Waals surface area (Å²) in [5.74, 6) is -1.43. The van der Waals surface area contributed by atoms with Crippen molar-refractivity contribution in [3.05, 3.63) is 0 Å². The lowest BCUT2D eigenvalue weighted by Gasteiger charge is -2.21. The summed E-state index contributed by atoms with van der Waals surface area (Å²) in [6, 6.07) is 0. The number of unbranched alkanes of at least 4 members (excludes halogenated alkanes) is 31. The molecule has 0 fully saturated rings. The normalized spacial score (nSPS) is 12.0. The third kappa shape index (κ3) is 34.1. The highest BCUT2D eigenvalue weighted by atomic mass is 16.5. The Labute approximate surface area is 254 Å². The summed E-state index contributed by atoms with van der Waals surface area (Å²) in [7, 11) is 0. The van der Waals surface area contributed by atoms with Gasteiger partial charge >= 0.3 is 0 Å². The average molecular weight is 567 g/mol. The number of hydrogen-bond donors (Lipinski definition) is 2. The second-order valence-electron chi connectivity index (χ2n) is 13.4. The Balaban J connectivity index is 3.26. The van der Waals surface area contributed by atoms with Gasteiger partial charge in [0.2, 0.25) is 0 Å². The molecular formula is C38H78O2. The minimum Gasteiger partial charge on any atom is -0.366 e. The smallest absolute Gasteiger partial charge is 0.162 e. The van der Waals surface area contributed by atoms with Crippen molar-refractivity contribution in [2.24, 2.45) is 0 Å². The van der Waals surface area contributed by atoms with E-state index in [0.29, 0.717) is 12.8 Å². The van der Waals surface area contributed by atoms with Crippen LogP contribution in [-0.4, -0.2) is 16.0 Å². The lowest BCUT2D eigenvalue weighted by Crippen LogP contribution is -2.27. The Morgan fingerprint density at radius 3 is 0.575 bits per heavy atom. The van der Waals surface area contributed by atoms with E-state index < -0.39 is 5.79 Å². The van der Waals surface area contributed by atoms with Crippen molar-refractivity contribution in [2.75, 3.05) is 0 Å². The molecule has 40 heavy (non-hydrogen) atoms. The maximum Gasteiger partial charge on any atom is 0.162 e. The van der Waals surface area contributed by atoms with Crippen LogP contribution in [0.3, 0.4) is 0 Å². The van der Waals surface area contributed by atoms with Gasteiger partial charge in [0.25, 0.3) is 0 Å². The molecule has 0 atom stereocenters. The summed E-state index contributed by atoms with van der Waals surface area (Å²) < 4.78 is 0. The first-order chi connectivity index (χ1) is 19.6. The van der Waals surface area contributed by atoms with Crippen molar-refractivity contribution in [2.45, 2.75) is 244 Å². The summed E-state index contributed by atoms with van der Waals surface area (Å²) in [4.78, 5) is 0. The lowest BCUT2D eigenvalue weighted by molar-refractivity contribution is -0.172. The first kappa shape index (κ1) is 39.9. The van der Waals surface area contributed by atoms with Gasteiger partial charge in [0.1, 0.15) is 0 Å². The van der Waals surface area contributed by atoms with Gasteiger partial charge in [-0.3, -0.25) is 0 Å². The zero-order valence-corrected chi connectivity index (χ0v) is 28.1. The standard InChI is InChI=1S/C38H78O2/c1-3-5-7-9-11-13-15-17-19-21-23-25-27-29-31-33-35-37-38(39,40)36-34-32-30-28-26-24-22-20-18-16-14-12-10-8-6-4-2/h39-40H,3-37H2,1-2H3. The minimum absolute atomic E-state index is 0.560. The SMILES string of the molecule is CCCCCCCCCCCCCCCCCCCC(O)(O)CCCCCCCCCCCCCCCCCC. The summed E-state index contributed by atoms with van der Waals surface area (Å²) in [5, 5.41) is 20.6. The summed E-state index contributed by atoms with van der Waals surface area (Å²) in [6.45, 7) is 4.58. The molecular weight excluding hydrogens is 488 g/mol. The predicted molar refractivity (Wildman–Crippen MR) is 180 cm³/mol. The first-order valence-corrected chi connectivity index (χ1v) is 19.1. The maximum absolute atomic E-state index is 10.3. The summed E-state index contributed by atoms with van der Waals surface area (Å²) in [5.41, 5.74) is 0. The molecule has 0 saturated heterocycles. The van der Waals surface area contributed by atoms with E-state index in [2.05, 4.69) is 13.8 Å². The molecule has 0 radical (unpaired) electrons. The lowest BCUT2D eigenvalue weighted by atomic mass is 9.98. The van der Waals surface area contributed by atoms with Crippen molar-refractivity contribution in [1.82, 2.24) is 0 Å². The van der Waals surface area contributed by atoms with Gasteiger partial charge in [-0.1, -0.05) is 213 Å². The Bertz CT molecular complexity index is 447. The van der Waals surface area contributed by atoms with E-state index in [4.69, 9.17) is 0 Å². The summed E-state index contributed by atoms with van der Waals surface area (Å²) >= 11 is 0. The van der Waals surface area contributed by atoms with E-state index in [1.54, 1.807) is 0 Å². The number of rotatable bonds is 35. The van der Waals surface area contributed by atoms with E-state index in [1.807, 2.05) is 0 Å². The van der Waals surface area contributed by atoms with Crippen LogP contribution in [0.4, 0.5) is 0 Å². The molecule has 242 valence electrons. The van der Waals surface area contributed by atoms with Crippen molar-refractivity contribution in [3.8, 4) is 0 Å². The van der Waals surface area contributed by atoms with Gasteiger partial charge in [0, 0.05) is 12.8 Å². The highest BCUT2D eigenvalue weighted by Gasteiger charge is 2.21. The third-order valence-electron chi connectivity index (χ3n) is 9.11. The quantitative estimate of drug-likeness (QED) is 0.0591. The van der Waals surface area contributed by atoms with E-state index in [0.717, 1.165) is 25.7 Å². The van der Waals surface area contributed by atoms with Crippen LogP contribution < -0.4 is 0 Å². The van der Waals surface area contributed by atoms with Gasteiger partial charge in [-0.2, -0.15) is 0 Å². The van der Waals surface area contributed by atoms with Crippen LogP contribution in [0.15, 0.2) is 0 Å². The van der Waals surface area contributed by atoms with Crippen LogP contribution in [0.1, 0.15) is 239 Å². The molecule has 0 aliphatic rings. The highest BCUT2D eigenvalue weighted by Crippen LogP contribution is 2.21. The van der Waals surface area contributed by atoms with E-state index in [9.17, 15) is 10.2 Å². The van der Waals surface area contributed by atoms with Crippen molar-refractivity contribution >= 4 is 0 Å². The molecule has 0 bridgehead atoms. The van der Waals surface area contributed by atoms with Gasteiger partial charge in [0.05, 0.1) is 0 Å². The van der Waals surface area contributed by atoms with Crippen molar-refractivity contribution in [3.63, 3.8) is 0 Å². The van der Waals surface area contributed by atoms with Gasteiger partial charge in [-0.05, 0) is 12.8 Å². The molecule has 0 spiro atoms. The van der Waals surface area contributed by atoms with Crippen LogP contribution in [0.5, 0.6) is 0 Å². The topological polar surface area (TPSA) is 40.5 Å². The summed E-state index contributed by atoms with van der Waals surface area (Å²) in [6.07, 6.45) is 46.0. The molecule has 0 saturated carbocycles. The van der Waals surface area contributed by atoms with Crippen LogP contribution in [0.2, 0.25) is 0 Å². The largest absolute Gasteiger partial charge is 0.366 e. The molecule has 0 aromatic rings. The van der Waals surface area contributed by atoms with Crippen LogP contribution in [0, 0.1) is 0 Å². The van der Waals surface area contributed by atoms with E-state index in [-0.39, 0.29) is 0 Å². The van der Waals surface area contributed by atoms with Crippen LogP contribution in [-0.2, 0) is 0 Å². The monoisotopic (exact) mass is 567 g/mol. The minimum atomic E-state index is -1.43. The van der Waals surface area contributed by atoms with E-state index >= 15 is 0 Å². The van der Waals surface area contributed by atoms with Crippen molar-refractivity contribution < 1.29 is 10.2 Å². The third-order valence-corrected chi connectivity index (χ3v) is 9.11. The van der Waals surface area contributed by atoms with Crippen LogP contribution >= 0.6 is 0 Å². The Hall–Kier alpha value is -0.0800. The first-order valence-electron chi connectivity index (χ1n) is 19.1. The molecule has 0 rings (SSSR count). The second-order valence-corrected chi connectivity index (χ2v) is 13.4. The molecule has 2 heteroatoms. The highest BCUT2D eigenvalue weighted by molar-refractivity contribution is 4.65. The van der Waals surface area contributed by atoms with E-state index in [1.165, 1.54) is 186 Å². The molecule has 0 unspecified atom stereocenters. The molecule has 0 aromatic carbocycles. The molecule has 0 aliphatic carbocycles. The molecule has 0 aliphatic heterocycles. The zero-order chi connectivity index (χ0) is 29.2. The molecule has 0 heterocycles. The fraction of sp³-hybridized carbons (Fsp3) is 1.00. The molecule has 2 N–H and O–H groups in total. The van der Waals surface area contributed by atoms with Gasteiger partial charge in [-0.15, -0.1) is 0 Å². The Morgan fingerprint density at radius 2 is 0.400 bits per heavy atom. The second kappa shape index (κ2) is 33.4. The van der Waals surface area contributed by atoms with Crippen molar-refractivity contribution in [1.29, 1.82) is 0 Å². The molecule has 0 amide bonds. The maximum atomic E-state index is 10.3. The number of aliphatic hydroxyl groups is 2. The number of hydrogen-bond acceptors (Lipinski definition) is 2. The zero-order valence-electron chi connectivity index (χ0n) is 28.1. The van der Waals surface area contributed by atoms with Crippen LogP contribution in [0.25, 0.3) is 0 Å². The fourth-order valence-corrected chi connectivity index (χ4v) is 6.21. The molecule has 0 aromatic heterocycles. The van der Waals surface area contributed by atoms with Gasteiger partial charge in [-0.25, -0.2) is 0 Å². The molecule has 2 nitrogen and oxygen atoms in total. The predicted octanol–water partition coefficient (Wildman–Crippen LogP) is 13.4. The average Bonchev–Trinajstić information content (AvgIpc) is 2.94.